The number of sulfone groups is 1. The van der Waals surface area contributed by atoms with Crippen LogP contribution in [0.5, 0.6) is 0 Å². The van der Waals surface area contributed by atoms with Gasteiger partial charge in [-0.1, -0.05) is 35.9 Å². The lowest BCUT2D eigenvalue weighted by molar-refractivity contribution is -0.132. The van der Waals surface area contributed by atoms with Crippen molar-refractivity contribution in [2.45, 2.75) is 11.3 Å². The molecule has 0 aliphatic heterocycles. The number of carbonyl (C=O) groups is 1. The van der Waals surface area contributed by atoms with Gasteiger partial charge in [0.1, 0.15) is 0 Å². The highest BCUT2D eigenvalue weighted by molar-refractivity contribution is 7.90. The number of aliphatic hydroxyl groups excluding tert-OH is 1. The quantitative estimate of drug-likeness (QED) is 0.751. The van der Waals surface area contributed by atoms with Gasteiger partial charge in [-0.2, -0.15) is 0 Å². The summed E-state index contributed by atoms with van der Waals surface area (Å²) in [6.45, 7) is -0.319. The fraction of sp³-hybridized carbons (Fsp3) is 0.167. The molecule has 5 nitrogen and oxygen atoms in total. The molecule has 7 heteroatoms. The molecule has 0 saturated heterocycles. The number of benzene rings is 2. The van der Waals surface area contributed by atoms with Gasteiger partial charge in [-0.25, -0.2) is 13.2 Å². The summed E-state index contributed by atoms with van der Waals surface area (Å²) < 4.78 is 23.2. The zero-order chi connectivity index (χ0) is 18.6. The molecule has 0 radical (unpaired) electrons. The first-order valence-electron chi connectivity index (χ1n) is 7.37. The van der Waals surface area contributed by atoms with Gasteiger partial charge < -0.3 is 10.2 Å². The van der Waals surface area contributed by atoms with Crippen LogP contribution in [0.2, 0.25) is 5.02 Å². The lowest BCUT2D eigenvalue weighted by Crippen LogP contribution is -2.08. The van der Waals surface area contributed by atoms with E-state index in [0.717, 1.165) is 6.26 Å². The molecule has 0 aliphatic rings. The number of hydrogen-bond acceptors (Lipinski definition) is 4. The minimum atomic E-state index is -3.35. The van der Waals surface area contributed by atoms with E-state index in [2.05, 4.69) is 0 Å². The van der Waals surface area contributed by atoms with E-state index >= 15 is 0 Å². The Balaban J connectivity index is 2.68. The van der Waals surface area contributed by atoms with E-state index in [1.807, 2.05) is 0 Å². The van der Waals surface area contributed by atoms with E-state index < -0.39 is 15.8 Å². The smallest absolute Gasteiger partial charge is 0.332 e. The summed E-state index contributed by atoms with van der Waals surface area (Å²) in [5.74, 6) is -1.15. The molecule has 25 heavy (non-hydrogen) atoms. The van der Waals surface area contributed by atoms with Gasteiger partial charge in [0, 0.05) is 29.9 Å². The molecule has 2 N–H and O–H groups in total. The van der Waals surface area contributed by atoms with Crippen LogP contribution in [0.1, 0.15) is 17.5 Å². The Kier molecular flexibility index (Phi) is 6.00. The Hall–Kier alpha value is -2.15. The Labute approximate surface area is 151 Å². The van der Waals surface area contributed by atoms with Crippen molar-refractivity contribution in [2.75, 3.05) is 12.9 Å². The number of hydrogen-bond donors (Lipinski definition) is 2. The molecule has 2 aromatic rings. The molecule has 2 aromatic carbocycles. The van der Waals surface area contributed by atoms with Crippen LogP contribution in [0, 0.1) is 0 Å². The van der Waals surface area contributed by atoms with E-state index in [1.54, 1.807) is 36.4 Å². The monoisotopic (exact) mass is 380 g/mol. The molecule has 0 saturated carbocycles. The molecule has 0 aromatic heterocycles. The Morgan fingerprint density at radius 2 is 1.48 bits per heavy atom. The highest BCUT2D eigenvalue weighted by Gasteiger charge is 2.18. The third-order valence-electron chi connectivity index (χ3n) is 3.63. The minimum absolute atomic E-state index is 0.0388. The van der Waals surface area contributed by atoms with Gasteiger partial charge in [0.2, 0.25) is 0 Å². The maximum Gasteiger partial charge on any atom is 0.332 e. The second-order valence-corrected chi connectivity index (χ2v) is 7.89. The highest BCUT2D eigenvalue weighted by Crippen LogP contribution is 2.30. The van der Waals surface area contributed by atoms with Crippen molar-refractivity contribution in [1.82, 2.24) is 0 Å². The topological polar surface area (TPSA) is 91.7 Å². The summed E-state index contributed by atoms with van der Waals surface area (Å²) in [6.07, 6.45) is 1.06. The van der Waals surface area contributed by atoms with Crippen molar-refractivity contribution >= 4 is 33.0 Å². The van der Waals surface area contributed by atoms with Crippen LogP contribution in [0.3, 0.4) is 0 Å². The zero-order valence-electron chi connectivity index (χ0n) is 13.4. The first-order chi connectivity index (χ1) is 11.7. The van der Waals surface area contributed by atoms with E-state index in [-0.39, 0.29) is 23.5 Å². The van der Waals surface area contributed by atoms with Crippen molar-refractivity contribution in [1.29, 1.82) is 0 Å². The molecule has 0 bridgehead atoms. The highest BCUT2D eigenvalue weighted by atomic mass is 35.5. The van der Waals surface area contributed by atoms with Gasteiger partial charge in [0.05, 0.1) is 4.90 Å². The Morgan fingerprint density at radius 1 is 1.00 bits per heavy atom. The summed E-state index contributed by atoms with van der Waals surface area (Å²) in [5, 5.41) is 19.3. The molecule has 0 atom stereocenters. The summed E-state index contributed by atoms with van der Waals surface area (Å²) in [4.78, 5) is 11.8. The summed E-state index contributed by atoms with van der Waals surface area (Å²) >= 11 is 5.90. The van der Waals surface area contributed by atoms with E-state index in [0.29, 0.717) is 21.7 Å². The zero-order valence-corrected chi connectivity index (χ0v) is 15.0. The molecule has 132 valence electrons. The summed E-state index contributed by atoms with van der Waals surface area (Å²) in [6, 6.07) is 12.6. The third-order valence-corrected chi connectivity index (χ3v) is 5.01. The van der Waals surface area contributed by atoms with Crippen LogP contribution in [0.4, 0.5) is 0 Å². The number of rotatable bonds is 6. The van der Waals surface area contributed by atoms with Crippen LogP contribution in [-0.4, -0.2) is 37.5 Å². The van der Waals surface area contributed by atoms with Gasteiger partial charge >= 0.3 is 5.97 Å². The maximum absolute atomic E-state index is 11.7. The molecule has 0 amide bonds. The average molecular weight is 381 g/mol. The lowest BCUT2D eigenvalue weighted by atomic mass is 9.91. The standard InChI is InChI=1S/C18H17ClO5S/c1-25(23,24)15-8-4-13(5-9-15)17(16(10-11-20)18(21)22)12-2-6-14(19)7-3-12/h2-9,20H,10-11H2,1H3,(H,21,22)/b17-16+. The van der Waals surface area contributed by atoms with Gasteiger partial charge in [0.15, 0.2) is 9.84 Å². The molecule has 0 heterocycles. The van der Waals surface area contributed by atoms with Crippen molar-refractivity contribution in [3.05, 3.63) is 70.3 Å². The summed E-state index contributed by atoms with van der Waals surface area (Å²) in [5.41, 5.74) is 1.61. The summed E-state index contributed by atoms with van der Waals surface area (Å²) in [7, 11) is -3.35. The van der Waals surface area contributed by atoms with Gasteiger partial charge in [-0.05, 0) is 41.0 Å². The van der Waals surface area contributed by atoms with Gasteiger partial charge in [0.25, 0.3) is 0 Å². The SMILES string of the molecule is CS(=O)(=O)c1ccc(/C(=C(\CCO)C(=O)O)c2ccc(Cl)cc2)cc1. The van der Waals surface area contributed by atoms with Crippen LogP contribution >= 0.6 is 11.6 Å². The molecular weight excluding hydrogens is 364 g/mol. The van der Waals surface area contributed by atoms with E-state index in [9.17, 15) is 23.4 Å². The van der Waals surface area contributed by atoms with Crippen LogP contribution in [-0.2, 0) is 14.6 Å². The predicted octanol–water partition coefficient (Wildman–Crippen LogP) is 3.01. The fourth-order valence-corrected chi connectivity index (χ4v) is 3.21. The fourth-order valence-electron chi connectivity index (χ4n) is 2.45. The first-order valence-corrected chi connectivity index (χ1v) is 9.64. The van der Waals surface area contributed by atoms with Crippen molar-refractivity contribution in [3.63, 3.8) is 0 Å². The molecule has 0 aliphatic carbocycles. The van der Waals surface area contributed by atoms with Crippen molar-refractivity contribution in [2.24, 2.45) is 0 Å². The molecule has 0 spiro atoms. The number of carboxylic acid groups (broad SMARTS) is 1. The first kappa shape index (κ1) is 19.2. The second-order valence-electron chi connectivity index (χ2n) is 5.44. The van der Waals surface area contributed by atoms with Crippen molar-refractivity contribution < 1.29 is 23.4 Å². The van der Waals surface area contributed by atoms with Gasteiger partial charge in [-0.15, -0.1) is 0 Å². The normalized spacial score (nSPS) is 12.6. The number of aliphatic carboxylic acids is 1. The van der Waals surface area contributed by atoms with E-state index in [1.165, 1.54) is 12.1 Å². The minimum Gasteiger partial charge on any atom is -0.478 e. The third kappa shape index (κ3) is 4.69. The van der Waals surface area contributed by atoms with Gasteiger partial charge in [-0.3, -0.25) is 0 Å². The van der Waals surface area contributed by atoms with Crippen LogP contribution in [0.25, 0.3) is 5.57 Å². The Bertz CT molecular complexity index is 897. The van der Waals surface area contributed by atoms with Crippen molar-refractivity contribution in [3.8, 4) is 0 Å². The number of carboxylic acids is 1. The molecule has 2 rings (SSSR count). The predicted molar refractivity (Wildman–Crippen MR) is 96.4 cm³/mol. The molecular formula is C18H17ClO5S. The van der Waals surface area contributed by atoms with Crippen LogP contribution < -0.4 is 0 Å². The maximum atomic E-state index is 11.7. The molecule has 0 fully saturated rings. The molecule has 0 unspecified atom stereocenters. The Morgan fingerprint density at radius 3 is 1.88 bits per heavy atom. The number of halogens is 1. The largest absolute Gasteiger partial charge is 0.478 e. The average Bonchev–Trinajstić information content (AvgIpc) is 2.55. The second kappa shape index (κ2) is 7.82. The lowest BCUT2D eigenvalue weighted by Gasteiger charge is -2.14. The van der Waals surface area contributed by atoms with E-state index in [4.69, 9.17) is 11.6 Å². The van der Waals surface area contributed by atoms with Crippen LogP contribution in [0.15, 0.2) is 59.0 Å². The number of aliphatic hydroxyl groups is 1.